The van der Waals surface area contributed by atoms with Crippen molar-refractivity contribution in [3.8, 4) is 11.5 Å². The van der Waals surface area contributed by atoms with Gasteiger partial charge in [-0.3, -0.25) is 0 Å². The summed E-state index contributed by atoms with van der Waals surface area (Å²) < 4.78 is 11.9. The van der Waals surface area contributed by atoms with Gasteiger partial charge >= 0.3 is 0 Å². The van der Waals surface area contributed by atoms with Gasteiger partial charge in [0.15, 0.2) is 11.5 Å². The van der Waals surface area contributed by atoms with E-state index < -0.39 is 0 Å². The van der Waals surface area contributed by atoms with Crippen molar-refractivity contribution < 1.29 is 9.47 Å². The number of hydrogen-bond donors (Lipinski definition) is 1. The van der Waals surface area contributed by atoms with Gasteiger partial charge in [0.05, 0.1) is 14.2 Å². The predicted octanol–water partition coefficient (Wildman–Crippen LogP) is 4.32. The lowest BCUT2D eigenvalue weighted by Gasteiger charge is -2.17. The molecule has 0 bridgehead atoms. The average molecular weight is 350 g/mol. The van der Waals surface area contributed by atoms with Gasteiger partial charge in [-0.2, -0.15) is 0 Å². The molecule has 2 rings (SSSR count). The summed E-state index contributed by atoms with van der Waals surface area (Å²) in [6.45, 7) is 2.86. The minimum Gasteiger partial charge on any atom is -0.493 e. The van der Waals surface area contributed by atoms with Crippen LogP contribution < -0.4 is 14.8 Å². The van der Waals surface area contributed by atoms with E-state index in [0.717, 1.165) is 21.5 Å². The standard InChI is InChI=1S/C17H20BrNO2/c1-12(13-6-4-8-15(18)10-13)19-11-14-7-5-9-16(20-2)17(14)21-3/h4-10,12,19H,11H2,1-3H3/t12-/m1/s1. The summed E-state index contributed by atoms with van der Waals surface area (Å²) in [6.07, 6.45) is 0. The Balaban J connectivity index is 2.09. The van der Waals surface area contributed by atoms with E-state index in [0.29, 0.717) is 6.54 Å². The summed E-state index contributed by atoms with van der Waals surface area (Å²) in [5, 5.41) is 3.51. The maximum Gasteiger partial charge on any atom is 0.165 e. The lowest BCUT2D eigenvalue weighted by Crippen LogP contribution is -2.18. The fourth-order valence-electron chi connectivity index (χ4n) is 2.25. The van der Waals surface area contributed by atoms with Crippen LogP contribution in [0.5, 0.6) is 11.5 Å². The number of para-hydroxylation sites is 1. The first-order valence-corrected chi connectivity index (χ1v) is 7.63. The quantitative estimate of drug-likeness (QED) is 0.842. The number of halogens is 1. The zero-order chi connectivity index (χ0) is 15.2. The SMILES string of the molecule is COc1cccc(CN[C@H](C)c2cccc(Br)c2)c1OC. The molecule has 0 unspecified atom stereocenters. The molecule has 0 aliphatic carbocycles. The Labute approximate surface area is 134 Å². The van der Waals surface area contributed by atoms with Crippen LogP contribution in [-0.2, 0) is 6.54 Å². The molecule has 0 heterocycles. The van der Waals surface area contributed by atoms with Gasteiger partial charge in [-0.05, 0) is 30.7 Å². The molecule has 0 aliphatic heterocycles. The molecule has 21 heavy (non-hydrogen) atoms. The zero-order valence-electron chi connectivity index (χ0n) is 12.5. The first-order valence-electron chi connectivity index (χ1n) is 6.84. The summed E-state index contributed by atoms with van der Waals surface area (Å²) in [7, 11) is 3.32. The highest BCUT2D eigenvalue weighted by molar-refractivity contribution is 9.10. The van der Waals surface area contributed by atoms with E-state index in [-0.39, 0.29) is 6.04 Å². The van der Waals surface area contributed by atoms with Crippen molar-refractivity contribution in [1.29, 1.82) is 0 Å². The van der Waals surface area contributed by atoms with E-state index in [2.05, 4.69) is 40.3 Å². The number of ether oxygens (including phenoxy) is 2. The largest absolute Gasteiger partial charge is 0.493 e. The maximum atomic E-state index is 5.45. The highest BCUT2D eigenvalue weighted by Gasteiger charge is 2.11. The molecule has 0 fully saturated rings. The van der Waals surface area contributed by atoms with Gasteiger partial charge in [0, 0.05) is 22.6 Å². The first kappa shape index (κ1) is 15.9. The third kappa shape index (κ3) is 3.99. The first-order chi connectivity index (χ1) is 10.2. The molecule has 112 valence electrons. The molecule has 1 N–H and O–H groups in total. The van der Waals surface area contributed by atoms with Crippen LogP contribution in [0.15, 0.2) is 46.9 Å². The fraction of sp³-hybridized carbons (Fsp3) is 0.294. The topological polar surface area (TPSA) is 30.5 Å². The van der Waals surface area contributed by atoms with E-state index in [4.69, 9.17) is 9.47 Å². The fourth-order valence-corrected chi connectivity index (χ4v) is 2.67. The van der Waals surface area contributed by atoms with E-state index in [1.54, 1.807) is 14.2 Å². The summed E-state index contributed by atoms with van der Waals surface area (Å²) in [6, 6.07) is 14.5. The van der Waals surface area contributed by atoms with Gasteiger partial charge in [-0.15, -0.1) is 0 Å². The Hall–Kier alpha value is -1.52. The van der Waals surface area contributed by atoms with Crippen LogP contribution in [-0.4, -0.2) is 14.2 Å². The number of methoxy groups -OCH3 is 2. The third-order valence-electron chi connectivity index (χ3n) is 3.43. The molecule has 2 aromatic rings. The molecule has 4 heteroatoms. The van der Waals surface area contributed by atoms with Crippen LogP contribution in [0, 0.1) is 0 Å². The van der Waals surface area contributed by atoms with E-state index in [9.17, 15) is 0 Å². The summed E-state index contributed by atoms with van der Waals surface area (Å²) in [4.78, 5) is 0. The predicted molar refractivity (Wildman–Crippen MR) is 88.9 cm³/mol. The van der Waals surface area contributed by atoms with Crippen molar-refractivity contribution in [1.82, 2.24) is 5.32 Å². The van der Waals surface area contributed by atoms with Gasteiger partial charge < -0.3 is 14.8 Å². The lowest BCUT2D eigenvalue weighted by atomic mass is 10.1. The maximum absolute atomic E-state index is 5.45. The summed E-state index contributed by atoms with van der Waals surface area (Å²) in [5.74, 6) is 1.54. The molecule has 0 amide bonds. The summed E-state index contributed by atoms with van der Waals surface area (Å²) in [5.41, 5.74) is 2.32. The van der Waals surface area contributed by atoms with Gasteiger partial charge in [0.2, 0.25) is 0 Å². The van der Waals surface area contributed by atoms with Crippen molar-refractivity contribution in [2.75, 3.05) is 14.2 Å². The van der Waals surface area contributed by atoms with Gasteiger partial charge in [0.1, 0.15) is 0 Å². The Kier molecular flexibility index (Phi) is 5.65. The second-order valence-electron chi connectivity index (χ2n) is 4.81. The Morgan fingerprint density at radius 1 is 1.10 bits per heavy atom. The minimum absolute atomic E-state index is 0.249. The number of hydrogen-bond acceptors (Lipinski definition) is 3. The van der Waals surface area contributed by atoms with Crippen molar-refractivity contribution in [3.63, 3.8) is 0 Å². The van der Waals surface area contributed by atoms with Crippen molar-refractivity contribution >= 4 is 15.9 Å². The minimum atomic E-state index is 0.249. The smallest absolute Gasteiger partial charge is 0.165 e. The molecule has 3 nitrogen and oxygen atoms in total. The van der Waals surface area contributed by atoms with Gasteiger partial charge in [-0.1, -0.05) is 40.2 Å². The van der Waals surface area contributed by atoms with Crippen LogP contribution in [0.3, 0.4) is 0 Å². The molecule has 0 saturated carbocycles. The van der Waals surface area contributed by atoms with Crippen LogP contribution in [0.25, 0.3) is 0 Å². The lowest BCUT2D eigenvalue weighted by molar-refractivity contribution is 0.350. The van der Waals surface area contributed by atoms with Gasteiger partial charge in [-0.25, -0.2) is 0 Å². The Morgan fingerprint density at radius 3 is 2.52 bits per heavy atom. The average Bonchev–Trinajstić information content (AvgIpc) is 2.51. The Morgan fingerprint density at radius 2 is 1.86 bits per heavy atom. The Bertz CT molecular complexity index is 601. The molecular weight excluding hydrogens is 330 g/mol. The molecular formula is C17H20BrNO2. The molecule has 2 aromatic carbocycles. The molecule has 0 spiro atoms. The molecule has 0 aliphatic rings. The second kappa shape index (κ2) is 7.48. The van der Waals surface area contributed by atoms with Crippen molar-refractivity contribution in [2.24, 2.45) is 0 Å². The second-order valence-corrected chi connectivity index (χ2v) is 5.73. The molecule has 0 radical (unpaired) electrons. The third-order valence-corrected chi connectivity index (χ3v) is 3.93. The van der Waals surface area contributed by atoms with Crippen LogP contribution >= 0.6 is 15.9 Å². The van der Waals surface area contributed by atoms with E-state index in [1.807, 2.05) is 30.3 Å². The van der Waals surface area contributed by atoms with Crippen LogP contribution in [0.2, 0.25) is 0 Å². The molecule has 1 atom stereocenters. The number of nitrogens with one attached hydrogen (secondary N) is 1. The van der Waals surface area contributed by atoms with Gasteiger partial charge in [0.25, 0.3) is 0 Å². The highest BCUT2D eigenvalue weighted by Crippen LogP contribution is 2.31. The van der Waals surface area contributed by atoms with Crippen LogP contribution in [0.1, 0.15) is 24.1 Å². The van der Waals surface area contributed by atoms with Crippen molar-refractivity contribution in [2.45, 2.75) is 19.5 Å². The zero-order valence-corrected chi connectivity index (χ0v) is 14.1. The normalized spacial score (nSPS) is 12.0. The summed E-state index contributed by atoms with van der Waals surface area (Å²) >= 11 is 3.50. The highest BCUT2D eigenvalue weighted by atomic mass is 79.9. The molecule has 0 aromatic heterocycles. The van der Waals surface area contributed by atoms with Crippen molar-refractivity contribution in [3.05, 3.63) is 58.1 Å². The van der Waals surface area contributed by atoms with Crippen LogP contribution in [0.4, 0.5) is 0 Å². The monoisotopic (exact) mass is 349 g/mol. The van der Waals surface area contributed by atoms with E-state index in [1.165, 1.54) is 5.56 Å². The number of rotatable bonds is 6. The molecule has 0 saturated heterocycles. The number of benzene rings is 2. The van der Waals surface area contributed by atoms with E-state index >= 15 is 0 Å².